The summed E-state index contributed by atoms with van der Waals surface area (Å²) in [7, 11) is -8.97. The summed E-state index contributed by atoms with van der Waals surface area (Å²) in [5.41, 5.74) is 7.04. The minimum absolute atomic E-state index is 0.0796. The van der Waals surface area contributed by atoms with Gasteiger partial charge in [0.2, 0.25) is 0 Å². The average molecular weight is 592 g/mol. The predicted molar refractivity (Wildman–Crippen MR) is 159 cm³/mol. The second-order valence-corrected chi connectivity index (χ2v) is 16.2. The van der Waals surface area contributed by atoms with Crippen LogP contribution >= 0.6 is 0 Å². The average Bonchev–Trinajstić information content (AvgIpc) is 3.61. The minimum atomic E-state index is -4.51. The Kier molecular flexibility index (Phi) is 7.52. The molecule has 9 nitrogen and oxygen atoms in total. The van der Waals surface area contributed by atoms with E-state index in [1.807, 2.05) is 39.8 Å². The molecule has 0 unspecified atom stereocenters. The van der Waals surface area contributed by atoms with Crippen LogP contribution in [0.4, 0.5) is 0 Å². The Morgan fingerprint density at radius 2 is 1.20 bits per heavy atom. The van der Waals surface area contributed by atoms with Crippen molar-refractivity contribution in [3.8, 4) is 11.6 Å². The number of hydrogen-bond acceptors (Lipinski definition) is 6. The summed E-state index contributed by atoms with van der Waals surface area (Å²) in [6, 6.07) is 18.1. The van der Waals surface area contributed by atoms with Crippen molar-refractivity contribution in [2.24, 2.45) is 0 Å². The maximum atomic E-state index is 12.8. The van der Waals surface area contributed by atoms with Crippen LogP contribution < -0.4 is 0 Å². The molecule has 0 radical (unpaired) electrons. The van der Waals surface area contributed by atoms with Gasteiger partial charge in [0.15, 0.2) is 0 Å². The number of nitrogens with zero attached hydrogens (tertiary/aromatic N) is 5. The third kappa shape index (κ3) is 5.64. The molecule has 0 aliphatic rings. The second-order valence-electron chi connectivity index (χ2n) is 10.4. The Morgan fingerprint density at radius 3 is 1.71 bits per heavy atom. The lowest BCUT2D eigenvalue weighted by Gasteiger charge is -2.15. The lowest BCUT2D eigenvalue weighted by Crippen LogP contribution is -2.22. The molecule has 0 fully saturated rings. The van der Waals surface area contributed by atoms with E-state index in [9.17, 15) is 16.8 Å². The van der Waals surface area contributed by atoms with Crippen molar-refractivity contribution in [1.29, 1.82) is 0 Å². The number of aryl methyl sites for hydroxylation is 6. The molecule has 4 aromatic heterocycles. The van der Waals surface area contributed by atoms with Crippen molar-refractivity contribution in [2.75, 3.05) is 5.75 Å². The molecule has 11 heteroatoms. The van der Waals surface area contributed by atoms with E-state index in [1.54, 1.807) is 31.5 Å². The molecule has 0 bridgehead atoms. The first-order chi connectivity index (χ1) is 19.4. The number of benzene rings is 1. The van der Waals surface area contributed by atoms with Gasteiger partial charge < -0.3 is 9.13 Å². The van der Waals surface area contributed by atoms with Crippen LogP contribution in [0.15, 0.2) is 78.0 Å². The van der Waals surface area contributed by atoms with Crippen LogP contribution in [-0.4, -0.2) is 46.5 Å². The van der Waals surface area contributed by atoms with Crippen molar-refractivity contribution in [2.45, 2.75) is 52.5 Å². The zero-order valence-corrected chi connectivity index (χ0v) is 25.4. The van der Waals surface area contributed by atoms with E-state index in [4.69, 9.17) is 4.98 Å². The van der Waals surface area contributed by atoms with Gasteiger partial charge in [-0.25, -0.2) is 21.8 Å². The van der Waals surface area contributed by atoms with E-state index >= 15 is 0 Å². The Balaban J connectivity index is 1.40. The highest BCUT2D eigenvalue weighted by Gasteiger charge is 2.31. The van der Waals surface area contributed by atoms with E-state index in [1.165, 1.54) is 16.8 Å². The molecule has 0 amide bonds. The monoisotopic (exact) mass is 591 g/mol. The van der Waals surface area contributed by atoms with E-state index in [2.05, 4.69) is 38.5 Å². The predicted octanol–water partition coefficient (Wildman–Crippen LogP) is 4.80. The van der Waals surface area contributed by atoms with Crippen LogP contribution in [0.2, 0.25) is 0 Å². The number of aromatic nitrogens is 5. The van der Waals surface area contributed by atoms with E-state index < -0.39 is 23.5 Å². The lowest BCUT2D eigenvalue weighted by molar-refractivity contribution is 0.574. The number of rotatable bonds is 9. The first-order valence-electron chi connectivity index (χ1n) is 13.2. The van der Waals surface area contributed by atoms with Gasteiger partial charge in [-0.1, -0.05) is 17.7 Å². The first-order valence-corrected chi connectivity index (χ1v) is 16.9. The fourth-order valence-corrected chi connectivity index (χ4v) is 8.46. The van der Waals surface area contributed by atoms with E-state index in [-0.39, 0.29) is 11.4 Å². The first kappa shape index (κ1) is 28.6. The van der Waals surface area contributed by atoms with Gasteiger partial charge in [-0.05, 0) is 94.3 Å². The lowest BCUT2D eigenvalue weighted by atomic mass is 10.1. The largest absolute Gasteiger partial charge is 0.303 e. The summed E-state index contributed by atoms with van der Waals surface area (Å²) < 4.78 is 56.8. The molecule has 0 saturated carbocycles. The Labute approximate surface area is 240 Å². The molecule has 4 heterocycles. The Morgan fingerprint density at radius 1 is 0.683 bits per heavy atom. The molecule has 5 rings (SSSR count). The molecule has 0 spiro atoms. The van der Waals surface area contributed by atoms with Crippen molar-refractivity contribution in [3.05, 3.63) is 113 Å². The van der Waals surface area contributed by atoms with Gasteiger partial charge in [0.25, 0.3) is 17.7 Å². The van der Waals surface area contributed by atoms with Crippen molar-refractivity contribution >= 4 is 17.7 Å². The van der Waals surface area contributed by atoms with Crippen LogP contribution in [0.5, 0.6) is 0 Å². The summed E-state index contributed by atoms with van der Waals surface area (Å²) in [4.78, 5) is 4.77. The molecule has 5 aromatic rings. The summed E-state index contributed by atoms with van der Waals surface area (Å²) in [6.07, 6.45) is 3.97. The molecule has 0 N–H and O–H groups in total. The summed E-state index contributed by atoms with van der Waals surface area (Å²) in [5.74, 6) is 1.04. The van der Waals surface area contributed by atoms with E-state index in [0.29, 0.717) is 6.42 Å². The summed E-state index contributed by atoms with van der Waals surface area (Å²) >= 11 is 0. The van der Waals surface area contributed by atoms with Crippen LogP contribution in [0.3, 0.4) is 0 Å². The Hall–Kier alpha value is -3.96. The van der Waals surface area contributed by atoms with E-state index in [0.717, 1.165) is 51.1 Å². The fourth-order valence-electron chi connectivity index (χ4n) is 4.97. The number of hydrogen-bond donors (Lipinski definition) is 0. The third-order valence-corrected chi connectivity index (χ3v) is 12.5. The normalized spacial score (nSPS) is 12.2. The van der Waals surface area contributed by atoms with Gasteiger partial charge >= 0.3 is 0 Å². The molecular formula is C30H33N5O4S2. The molecule has 0 saturated heterocycles. The highest BCUT2D eigenvalue weighted by Crippen LogP contribution is 2.23. The highest BCUT2D eigenvalue weighted by molar-refractivity contribution is 8.67. The molecular weight excluding hydrogens is 558 g/mol. The van der Waals surface area contributed by atoms with Crippen LogP contribution in [0, 0.1) is 34.6 Å². The van der Waals surface area contributed by atoms with Gasteiger partial charge in [0, 0.05) is 35.4 Å². The maximum Gasteiger partial charge on any atom is 0.282 e. The molecule has 1 aromatic carbocycles. The van der Waals surface area contributed by atoms with Gasteiger partial charge in [0.05, 0.1) is 23.4 Å². The molecule has 41 heavy (non-hydrogen) atoms. The van der Waals surface area contributed by atoms with Gasteiger partial charge in [-0.2, -0.15) is 5.10 Å². The van der Waals surface area contributed by atoms with Crippen molar-refractivity contribution in [3.63, 3.8) is 0 Å². The molecule has 0 aliphatic carbocycles. The highest BCUT2D eigenvalue weighted by atomic mass is 33.2. The SMILES string of the molecule is Cc1ccc(S(=O)(=O)S(=O)(=O)CCn2cc(Cc3cc(-n4c(C)ccc4C)nc(-n4c(C)ccc4C)c3)cn2)cc1. The van der Waals surface area contributed by atoms with Crippen LogP contribution in [-0.2, 0) is 30.7 Å². The summed E-state index contributed by atoms with van der Waals surface area (Å²) in [6.45, 7) is 9.91. The van der Waals surface area contributed by atoms with Crippen molar-refractivity contribution in [1.82, 2.24) is 23.9 Å². The topological polar surface area (TPSA) is 109 Å². The zero-order valence-electron chi connectivity index (χ0n) is 23.7. The molecule has 214 valence electrons. The smallest absolute Gasteiger partial charge is 0.282 e. The van der Waals surface area contributed by atoms with Gasteiger partial charge in [-0.15, -0.1) is 0 Å². The van der Waals surface area contributed by atoms with Crippen LogP contribution in [0.25, 0.3) is 11.6 Å². The zero-order chi connectivity index (χ0) is 29.5. The Bertz CT molecular complexity index is 1840. The van der Waals surface area contributed by atoms with Gasteiger partial charge in [0.1, 0.15) is 11.6 Å². The number of pyridine rings is 1. The maximum absolute atomic E-state index is 12.8. The van der Waals surface area contributed by atoms with Crippen molar-refractivity contribution < 1.29 is 16.8 Å². The summed E-state index contributed by atoms with van der Waals surface area (Å²) in [5, 5.41) is 4.31. The minimum Gasteiger partial charge on any atom is -0.303 e. The molecule has 0 aliphatic heterocycles. The third-order valence-electron chi connectivity index (χ3n) is 7.17. The van der Waals surface area contributed by atoms with Gasteiger partial charge in [-0.3, -0.25) is 4.68 Å². The fraction of sp³-hybridized carbons (Fsp3) is 0.267. The van der Waals surface area contributed by atoms with Crippen LogP contribution in [0.1, 0.15) is 39.5 Å². The molecule has 0 atom stereocenters. The second kappa shape index (κ2) is 10.8. The quantitative estimate of drug-likeness (QED) is 0.228. The standard InChI is InChI=1S/C30H33N5O4S2/c1-21-6-12-28(13-7-21)41(38,39)40(36,37)15-14-33-20-27(19-31-33)16-26-17-29(34-22(2)8-9-23(34)3)32-30(18-26)35-24(4)10-11-25(35)5/h6-13,17-20H,14-16H2,1-5H3.